The van der Waals surface area contributed by atoms with Gasteiger partial charge in [0, 0.05) is 13.0 Å². The summed E-state index contributed by atoms with van der Waals surface area (Å²) in [6, 6.07) is 6.35. The molecule has 0 aliphatic carbocycles. The Kier molecular flexibility index (Phi) is 5.50. The molecule has 19 heavy (non-hydrogen) atoms. The van der Waals surface area contributed by atoms with E-state index in [0.717, 1.165) is 5.56 Å². The van der Waals surface area contributed by atoms with E-state index < -0.39 is 10.0 Å². The zero-order valence-electron chi connectivity index (χ0n) is 11.2. The first-order chi connectivity index (χ1) is 8.79. The minimum absolute atomic E-state index is 0.0381. The van der Waals surface area contributed by atoms with Gasteiger partial charge in [0.15, 0.2) is 0 Å². The van der Waals surface area contributed by atoms with E-state index in [-0.39, 0.29) is 10.8 Å². The maximum absolute atomic E-state index is 11.4. The summed E-state index contributed by atoms with van der Waals surface area (Å²) in [7, 11) is -3.64. The molecule has 1 rings (SSSR count). The summed E-state index contributed by atoms with van der Waals surface area (Å²) in [5, 5.41) is 7.83. The fourth-order valence-corrected chi connectivity index (χ4v) is 2.15. The van der Waals surface area contributed by atoms with Crippen molar-refractivity contribution in [2.45, 2.75) is 31.6 Å². The van der Waals surface area contributed by atoms with Crippen LogP contribution in [0.5, 0.6) is 0 Å². The molecule has 0 aliphatic rings. The van der Waals surface area contributed by atoms with E-state index in [0.29, 0.717) is 25.3 Å². The molecule has 6 heteroatoms. The second kappa shape index (κ2) is 6.68. The Hall–Kier alpha value is -1.40. The minimum Gasteiger partial charge on any atom is -0.356 e. The van der Waals surface area contributed by atoms with E-state index in [4.69, 9.17) is 5.14 Å². The van der Waals surface area contributed by atoms with Crippen molar-refractivity contribution in [1.82, 2.24) is 5.32 Å². The van der Waals surface area contributed by atoms with E-state index in [9.17, 15) is 13.2 Å². The largest absolute Gasteiger partial charge is 0.356 e. The van der Waals surface area contributed by atoms with Crippen LogP contribution in [-0.2, 0) is 21.2 Å². The van der Waals surface area contributed by atoms with Gasteiger partial charge in [0.05, 0.1) is 4.90 Å². The highest BCUT2D eigenvalue weighted by Gasteiger charge is 2.07. The van der Waals surface area contributed by atoms with Crippen molar-refractivity contribution in [3.8, 4) is 0 Å². The number of amides is 1. The van der Waals surface area contributed by atoms with Gasteiger partial charge in [-0.3, -0.25) is 4.79 Å². The normalized spacial score (nSPS) is 11.6. The van der Waals surface area contributed by atoms with Crippen LogP contribution in [0.4, 0.5) is 0 Å². The molecule has 106 valence electrons. The molecule has 0 saturated carbocycles. The van der Waals surface area contributed by atoms with Gasteiger partial charge in [-0.1, -0.05) is 26.0 Å². The van der Waals surface area contributed by atoms with Crippen molar-refractivity contribution in [2.75, 3.05) is 6.54 Å². The lowest BCUT2D eigenvalue weighted by Crippen LogP contribution is -2.26. The lowest BCUT2D eigenvalue weighted by atomic mass is 10.1. The predicted octanol–water partition coefficient (Wildman–Crippen LogP) is 1.04. The lowest BCUT2D eigenvalue weighted by molar-refractivity contribution is -0.121. The van der Waals surface area contributed by atoms with E-state index >= 15 is 0 Å². The number of hydrogen-bond donors (Lipinski definition) is 2. The van der Waals surface area contributed by atoms with Gasteiger partial charge in [0.1, 0.15) is 0 Å². The first-order valence-electron chi connectivity index (χ1n) is 6.17. The van der Waals surface area contributed by atoms with Crippen LogP contribution in [0.2, 0.25) is 0 Å². The quantitative estimate of drug-likeness (QED) is 0.818. The van der Waals surface area contributed by atoms with Crippen molar-refractivity contribution < 1.29 is 13.2 Å². The zero-order chi connectivity index (χ0) is 14.5. The molecule has 1 aromatic rings. The maximum Gasteiger partial charge on any atom is 0.238 e. The monoisotopic (exact) mass is 284 g/mol. The second-order valence-corrected chi connectivity index (χ2v) is 6.45. The van der Waals surface area contributed by atoms with Gasteiger partial charge in [0.2, 0.25) is 15.9 Å². The molecule has 0 aliphatic heterocycles. The number of rotatable bonds is 6. The minimum atomic E-state index is -3.64. The van der Waals surface area contributed by atoms with Crippen LogP contribution in [0.25, 0.3) is 0 Å². The van der Waals surface area contributed by atoms with Crippen molar-refractivity contribution in [3.63, 3.8) is 0 Å². The highest BCUT2D eigenvalue weighted by Crippen LogP contribution is 2.09. The molecule has 0 spiro atoms. The Labute approximate surface area is 114 Å². The van der Waals surface area contributed by atoms with Crippen LogP contribution in [-0.4, -0.2) is 20.9 Å². The van der Waals surface area contributed by atoms with Gasteiger partial charge in [-0.25, -0.2) is 13.6 Å². The molecule has 0 unspecified atom stereocenters. The van der Waals surface area contributed by atoms with E-state index in [2.05, 4.69) is 5.32 Å². The topological polar surface area (TPSA) is 89.3 Å². The average Bonchev–Trinajstić information content (AvgIpc) is 2.27. The van der Waals surface area contributed by atoms with Gasteiger partial charge >= 0.3 is 0 Å². The van der Waals surface area contributed by atoms with Gasteiger partial charge in [-0.15, -0.1) is 0 Å². The summed E-state index contributed by atoms with van der Waals surface area (Å²) in [5.41, 5.74) is 0.956. The van der Waals surface area contributed by atoms with Crippen molar-refractivity contribution >= 4 is 15.9 Å². The van der Waals surface area contributed by atoms with Crippen LogP contribution in [0, 0.1) is 5.92 Å². The van der Waals surface area contributed by atoms with E-state index in [1.54, 1.807) is 12.1 Å². The van der Waals surface area contributed by atoms with Crippen LogP contribution < -0.4 is 10.5 Å². The smallest absolute Gasteiger partial charge is 0.238 e. The Morgan fingerprint density at radius 1 is 1.26 bits per heavy atom. The molecule has 0 bridgehead atoms. The summed E-state index contributed by atoms with van der Waals surface area (Å²) in [5.74, 6) is 0.380. The molecule has 0 fully saturated rings. The summed E-state index contributed by atoms with van der Waals surface area (Å²) >= 11 is 0. The fraction of sp³-hybridized carbons (Fsp3) is 0.462. The van der Waals surface area contributed by atoms with Gasteiger partial charge < -0.3 is 5.32 Å². The predicted molar refractivity (Wildman–Crippen MR) is 74.0 cm³/mol. The molecule has 1 amide bonds. The van der Waals surface area contributed by atoms with E-state index in [1.165, 1.54) is 12.1 Å². The van der Waals surface area contributed by atoms with E-state index in [1.807, 2.05) is 13.8 Å². The fourth-order valence-electron chi connectivity index (χ4n) is 1.64. The first kappa shape index (κ1) is 15.7. The standard InChI is InChI=1S/C13H20N2O3S/c1-10(2)9-13(16)15-8-7-11-3-5-12(6-4-11)19(14,17)18/h3-6,10H,7-9H2,1-2H3,(H,15,16)(H2,14,17,18). The SMILES string of the molecule is CC(C)CC(=O)NCCc1ccc(S(N)(=O)=O)cc1. The average molecular weight is 284 g/mol. The first-order valence-corrected chi connectivity index (χ1v) is 7.72. The molecule has 0 aromatic heterocycles. The van der Waals surface area contributed by atoms with Gasteiger partial charge in [0.25, 0.3) is 0 Å². The zero-order valence-corrected chi connectivity index (χ0v) is 12.0. The molecule has 5 nitrogen and oxygen atoms in total. The van der Waals surface area contributed by atoms with Crippen LogP contribution in [0.1, 0.15) is 25.8 Å². The third kappa shape index (κ3) is 5.85. The second-order valence-electron chi connectivity index (χ2n) is 4.89. The number of primary sulfonamides is 1. The Morgan fingerprint density at radius 2 is 1.84 bits per heavy atom. The number of hydrogen-bond acceptors (Lipinski definition) is 3. The third-order valence-electron chi connectivity index (χ3n) is 2.58. The Morgan fingerprint density at radius 3 is 2.32 bits per heavy atom. The molecular formula is C13H20N2O3S. The molecule has 0 radical (unpaired) electrons. The van der Waals surface area contributed by atoms with Gasteiger partial charge in [-0.2, -0.15) is 0 Å². The number of carbonyl (C=O) groups is 1. The third-order valence-corrected chi connectivity index (χ3v) is 3.51. The maximum atomic E-state index is 11.4. The molecule has 0 saturated heterocycles. The molecular weight excluding hydrogens is 264 g/mol. The van der Waals surface area contributed by atoms with Crippen LogP contribution >= 0.6 is 0 Å². The molecule has 3 N–H and O–H groups in total. The van der Waals surface area contributed by atoms with Crippen molar-refractivity contribution in [2.24, 2.45) is 11.1 Å². The molecule has 0 heterocycles. The summed E-state index contributed by atoms with van der Waals surface area (Å²) in [6.45, 7) is 4.53. The summed E-state index contributed by atoms with van der Waals surface area (Å²) < 4.78 is 22.1. The van der Waals surface area contributed by atoms with Crippen LogP contribution in [0.15, 0.2) is 29.2 Å². The number of nitrogens with one attached hydrogen (secondary N) is 1. The van der Waals surface area contributed by atoms with Crippen LogP contribution in [0.3, 0.4) is 0 Å². The van der Waals surface area contributed by atoms with Crippen molar-refractivity contribution in [3.05, 3.63) is 29.8 Å². The Balaban J connectivity index is 2.45. The van der Waals surface area contributed by atoms with Gasteiger partial charge in [-0.05, 0) is 30.0 Å². The number of sulfonamides is 1. The lowest BCUT2D eigenvalue weighted by Gasteiger charge is -2.07. The summed E-state index contributed by atoms with van der Waals surface area (Å²) in [4.78, 5) is 11.5. The summed E-state index contributed by atoms with van der Waals surface area (Å²) in [6.07, 6.45) is 1.18. The van der Waals surface area contributed by atoms with Crippen molar-refractivity contribution in [1.29, 1.82) is 0 Å². The number of carbonyl (C=O) groups excluding carboxylic acids is 1. The molecule has 0 atom stereocenters. The number of nitrogens with two attached hydrogens (primary N) is 1. The highest BCUT2D eigenvalue weighted by molar-refractivity contribution is 7.89. The highest BCUT2D eigenvalue weighted by atomic mass is 32.2. The molecule has 1 aromatic carbocycles. The Bertz CT molecular complexity index is 521. The number of benzene rings is 1.